The predicted molar refractivity (Wildman–Crippen MR) is 107 cm³/mol. The Labute approximate surface area is 166 Å². The van der Waals surface area contributed by atoms with E-state index in [0.717, 1.165) is 37.3 Å². The Kier molecular flexibility index (Phi) is 6.58. The SMILES string of the molecule is CN=C(NCC(=O)Nc1ccc(F)c(F)c1F)NC1CCN(c2ccccc2)C1. The van der Waals surface area contributed by atoms with Crippen LogP contribution in [0.1, 0.15) is 6.42 Å². The number of hydrogen-bond donors (Lipinski definition) is 3. The van der Waals surface area contributed by atoms with E-state index in [1.165, 1.54) is 0 Å². The van der Waals surface area contributed by atoms with Crippen molar-refractivity contribution in [2.24, 2.45) is 4.99 Å². The average molecular weight is 405 g/mol. The minimum Gasteiger partial charge on any atom is -0.369 e. The second kappa shape index (κ2) is 9.31. The van der Waals surface area contributed by atoms with Gasteiger partial charge in [0.25, 0.3) is 0 Å². The number of guanidine groups is 1. The molecule has 1 unspecified atom stereocenters. The van der Waals surface area contributed by atoms with Crippen LogP contribution in [-0.4, -0.2) is 44.6 Å². The van der Waals surface area contributed by atoms with Gasteiger partial charge in [-0.15, -0.1) is 0 Å². The molecule has 0 aliphatic carbocycles. The van der Waals surface area contributed by atoms with Crippen LogP contribution in [0.2, 0.25) is 0 Å². The number of nitrogens with zero attached hydrogens (tertiary/aromatic N) is 2. The minimum absolute atomic E-state index is 0.146. The van der Waals surface area contributed by atoms with Crippen LogP contribution in [0.15, 0.2) is 47.5 Å². The second-order valence-electron chi connectivity index (χ2n) is 6.61. The Hall–Kier alpha value is -3.23. The highest BCUT2D eigenvalue weighted by atomic mass is 19.2. The molecule has 0 bridgehead atoms. The van der Waals surface area contributed by atoms with Gasteiger partial charge in [0.05, 0.1) is 12.2 Å². The van der Waals surface area contributed by atoms with Gasteiger partial charge in [-0.1, -0.05) is 18.2 Å². The molecule has 29 heavy (non-hydrogen) atoms. The monoisotopic (exact) mass is 405 g/mol. The van der Waals surface area contributed by atoms with Gasteiger partial charge in [-0.05, 0) is 30.7 Å². The van der Waals surface area contributed by atoms with Gasteiger partial charge in [-0.25, -0.2) is 13.2 Å². The summed E-state index contributed by atoms with van der Waals surface area (Å²) in [5.74, 6) is -4.57. The van der Waals surface area contributed by atoms with Crippen molar-refractivity contribution >= 4 is 23.2 Å². The number of rotatable bonds is 5. The summed E-state index contributed by atoms with van der Waals surface area (Å²) in [6, 6.07) is 11.9. The molecule has 0 radical (unpaired) electrons. The number of hydrogen-bond acceptors (Lipinski definition) is 3. The lowest BCUT2D eigenvalue weighted by atomic mass is 10.2. The Morgan fingerprint density at radius 3 is 2.62 bits per heavy atom. The van der Waals surface area contributed by atoms with Crippen LogP contribution in [-0.2, 0) is 4.79 Å². The van der Waals surface area contributed by atoms with Crippen LogP contribution in [0.4, 0.5) is 24.5 Å². The van der Waals surface area contributed by atoms with Crippen molar-refractivity contribution < 1.29 is 18.0 Å². The fraction of sp³-hybridized carbons (Fsp3) is 0.300. The third kappa shape index (κ3) is 5.18. The molecule has 0 aromatic heterocycles. The molecule has 2 aromatic rings. The lowest BCUT2D eigenvalue weighted by molar-refractivity contribution is -0.115. The lowest BCUT2D eigenvalue weighted by Crippen LogP contribution is -2.46. The third-order valence-electron chi connectivity index (χ3n) is 4.60. The highest BCUT2D eigenvalue weighted by Crippen LogP contribution is 2.20. The van der Waals surface area contributed by atoms with Gasteiger partial charge in [0.15, 0.2) is 23.4 Å². The first kappa shape index (κ1) is 20.5. The summed E-state index contributed by atoms with van der Waals surface area (Å²) >= 11 is 0. The molecule has 0 saturated carbocycles. The van der Waals surface area contributed by atoms with Crippen molar-refractivity contribution in [3.8, 4) is 0 Å². The molecule has 1 aliphatic heterocycles. The topological polar surface area (TPSA) is 68.8 Å². The Morgan fingerprint density at radius 1 is 1.14 bits per heavy atom. The quantitative estimate of drug-likeness (QED) is 0.406. The summed E-state index contributed by atoms with van der Waals surface area (Å²) in [5.41, 5.74) is 0.723. The van der Waals surface area contributed by atoms with Crippen molar-refractivity contribution in [2.45, 2.75) is 12.5 Å². The average Bonchev–Trinajstić information content (AvgIpc) is 3.21. The summed E-state index contributed by atoms with van der Waals surface area (Å²) in [6.45, 7) is 1.47. The van der Waals surface area contributed by atoms with E-state index in [9.17, 15) is 18.0 Å². The number of anilines is 2. The van der Waals surface area contributed by atoms with Crippen molar-refractivity contribution in [2.75, 3.05) is 36.9 Å². The maximum absolute atomic E-state index is 13.6. The van der Waals surface area contributed by atoms with Gasteiger partial charge in [0.1, 0.15) is 0 Å². The largest absolute Gasteiger partial charge is 0.369 e. The Bertz CT molecular complexity index is 891. The smallest absolute Gasteiger partial charge is 0.243 e. The molecule has 6 nitrogen and oxygen atoms in total. The molecule has 1 amide bonds. The first-order valence-electron chi connectivity index (χ1n) is 9.18. The van der Waals surface area contributed by atoms with E-state index < -0.39 is 29.0 Å². The number of benzene rings is 2. The predicted octanol–water partition coefficient (Wildman–Crippen LogP) is 2.49. The van der Waals surface area contributed by atoms with E-state index in [2.05, 4.69) is 38.0 Å². The molecule has 1 aliphatic rings. The number of aliphatic imine (C=N–C) groups is 1. The van der Waals surface area contributed by atoms with Crippen LogP contribution in [0.3, 0.4) is 0 Å². The minimum atomic E-state index is -1.63. The van der Waals surface area contributed by atoms with Crippen molar-refractivity contribution in [1.82, 2.24) is 10.6 Å². The van der Waals surface area contributed by atoms with Gasteiger partial charge >= 0.3 is 0 Å². The lowest BCUT2D eigenvalue weighted by Gasteiger charge is -2.20. The van der Waals surface area contributed by atoms with Crippen LogP contribution in [0, 0.1) is 17.5 Å². The standard InChI is InChI=1S/C20H22F3N5O/c1-24-20(26-13-9-10-28(12-13)14-5-3-2-4-6-14)25-11-17(29)27-16-8-7-15(21)18(22)19(16)23/h2-8,13H,9-12H2,1H3,(H,27,29)(H2,24,25,26). The third-order valence-corrected chi connectivity index (χ3v) is 4.60. The number of halogens is 3. The molecule has 0 spiro atoms. The summed E-state index contributed by atoms with van der Waals surface area (Å²) < 4.78 is 39.8. The van der Waals surface area contributed by atoms with Gasteiger partial charge in [0, 0.05) is 31.9 Å². The molecule has 154 valence electrons. The Morgan fingerprint density at radius 2 is 1.90 bits per heavy atom. The number of para-hydroxylation sites is 1. The van der Waals surface area contributed by atoms with Gasteiger partial charge in [-0.2, -0.15) is 0 Å². The van der Waals surface area contributed by atoms with Crippen LogP contribution < -0.4 is 20.9 Å². The number of amides is 1. The second-order valence-corrected chi connectivity index (χ2v) is 6.61. The fourth-order valence-corrected chi connectivity index (χ4v) is 3.12. The molecule has 2 aromatic carbocycles. The summed E-state index contributed by atoms with van der Waals surface area (Å²) in [5, 5.41) is 8.29. The van der Waals surface area contributed by atoms with Crippen molar-refractivity contribution in [3.05, 3.63) is 59.9 Å². The maximum Gasteiger partial charge on any atom is 0.243 e. The number of carbonyl (C=O) groups excluding carboxylic acids is 1. The van der Waals surface area contributed by atoms with Gasteiger partial charge in [0.2, 0.25) is 5.91 Å². The molecular weight excluding hydrogens is 383 g/mol. The van der Waals surface area contributed by atoms with Crippen LogP contribution >= 0.6 is 0 Å². The van der Waals surface area contributed by atoms with Crippen molar-refractivity contribution in [1.29, 1.82) is 0 Å². The van der Waals surface area contributed by atoms with Gasteiger partial charge in [-0.3, -0.25) is 9.79 Å². The molecule has 1 fully saturated rings. The zero-order valence-corrected chi connectivity index (χ0v) is 15.9. The van der Waals surface area contributed by atoms with E-state index in [4.69, 9.17) is 0 Å². The first-order valence-corrected chi connectivity index (χ1v) is 9.18. The Balaban J connectivity index is 1.48. The molecule has 9 heteroatoms. The number of carbonyl (C=O) groups is 1. The first-order chi connectivity index (χ1) is 14.0. The van der Waals surface area contributed by atoms with Crippen LogP contribution in [0.5, 0.6) is 0 Å². The maximum atomic E-state index is 13.6. The molecule has 3 rings (SSSR count). The van der Waals surface area contributed by atoms with Crippen molar-refractivity contribution in [3.63, 3.8) is 0 Å². The zero-order valence-electron chi connectivity index (χ0n) is 15.9. The summed E-state index contributed by atoms with van der Waals surface area (Å²) in [4.78, 5) is 18.3. The zero-order chi connectivity index (χ0) is 20.8. The molecule has 1 heterocycles. The molecule has 1 atom stereocenters. The summed E-state index contributed by atoms with van der Waals surface area (Å²) in [6.07, 6.45) is 0.905. The fourth-order valence-electron chi connectivity index (χ4n) is 3.12. The highest BCUT2D eigenvalue weighted by molar-refractivity contribution is 5.95. The van der Waals surface area contributed by atoms with E-state index in [1.807, 2.05) is 18.2 Å². The molecule has 3 N–H and O–H groups in total. The molecule has 1 saturated heterocycles. The van der Waals surface area contributed by atoms with E-state index in [1.54, 1.807) is 7.05 Å². The highest BCUT2D eigenvalue weighted by Gasteiger charge is 2.23. The molecular formula is C20H22F3N5O. The van der Waals surface area contributed by atoms with E-state index in [0.29, 0.717) is 5.96 Å². The van der Waals surface area contributed by atoms with Gasteiger partial charge < -0.3 is 20.9 Å². The van der Waals surface area contributed by atoms with E-state index >= 15 is 0 Å². The van der Waals surface area contributed by atoms with E-state index in [-0.39, 0.29) is 12.6 Å². The number of nitrogens with one attached hydrogen (secondary N) is 3. The van der Waals surface area contributed by atoms with Crippen LogP contribution in [0.25, 0.3) is 0 Å². The normalized spacial score (nSPS) is 16.6. The summed E-state index contributed by atoms with van der Waals surface area (Å²) in [7, 11) is 1.58.